The SMILES string of the molecule is CCCOc1ccc(Br)cc1/C=C1\SC(=S)N(c2ccccc2F)C1=O. The molecule has 134 valence electrons. The van der Waals surface area contributed by atoms with Crippen molar-refractivity contribution in [3.05, 3.63) is 63.2 Å². The second kappa shape index (κ2) is 8.33. The molecule has 1 fully saturated rings. The molecule has 1 amide bonds. The second-order valence-corrected chi connectivity index (χ2v) is 8.09. The number of halogens is 2. The Morgan fingerprint density at radius 2 is 2.08 bits per heavy atom. The number of carbonyl (C=O) groups excluding carboxylic acids is 1. The van der Waals surface area contributed by atoms with Gasteiger partial charge in [-0.05, 0) is 42.8 Å². The fraction of sp³-hybridized carbons (Fsp3) is 0.158. The van der Waals surface area contributed by atoms with Crippen LogP contribution in [0, 0.1) is 5.82 Å². The summed E-state index contributed by atoms with van der Waals surface area (Å²) in [6.45, 7) is 2.61. The monoisotopic (exact) mass is 451 g/mol. The van der Waals surface area contributed by atoms with Crippen molar-refractivity contribution in [2.45, 2.75) is 13.3 Å². The van der Waals surface area contributed by atoms with Crippen molar-refractivity contribution >= 4 is 61.9 Å². The summed E-state index contributed by atoms with van der Waals surface area (Å²) >= 11 is 9.89. The van der Waals surface area contributed by atoms with Gasteiger partial charge in [0.05, 0.1) is 17.2 Å². The first kappa shape index (κ1) is 19.1. The van der Waals surface area contributed by atoms with Crippen LogP contribution in [0.4, 0.5) is 10.1 Å². The van der Waals surface area contributed by atoms with E-state index in [1.807, 2.05) is 25.1 Å². The summed E-state index contributed by atoms with van der Waals surface area (Å²) in [5.74, 6) is -0.141. The lowest BCUT2D eigenvalue weighted by Crippen LogP contribution is -2.28. The van der Waals surface area contributed by atoms with Gasteiger partial charge in [0.15, 0.2) is 4.32 Å². The molecule has 3 rings (SSSR count). The highest BCUT2D eigenvalue weighted by Crippen LogP contribution is 2.38. The fourth-order valence-electron chi connectivity index (χ4n) is 2.43. The van der Waals surface area contributed by atoms with Crippen molar-refractivity contribution in [2.75, 3.05) is 11.5 Å². The number of thioether (sulfide) groups is 1. The Balaban J connectivity index is 1.96. The smallest absolute Gasteiger partial charge is 0.270 e. The van der Waals surface area contributed by atoms with Gasteiger partial charge in [-0.1, -0.05) is 59.0 Å². The first-order chi connectivity index (χ1) is 12.5. The number of rotatable bonds is 5. The highest BCUT2D eigenvalue weighted by molar-refractivity contribution is 9.10. The Bertz CT molecular complexity index is 901. The van der Waals surface area contributed by atoms with Crippen molar-refractivity contribution in [1.29, 1.82) is 0 Å². The molecular weight excluding hydrogens is 437 g/mol. The molecule has 1 aliphatic rings. The summed E-state index contributed by atoms with van der Waals surface area (Å²) in [5.41, 5.74) is 0.928. The maximum atomic E-state index is 14.1. The fourth-order valence-corrected chi connectivity index (χ4v) is 4.08. The number of ether oxygens (including phenoxy) is 1. The lowest BCUT2D eigenvalue weighted by molar-refractivity contribution is -0.113. The van der Waals surface area contributed by atoms with E-state index in [4.69, 9.17) is 17.0 Å². The molecule has 0 aliphatic carbocycles. The minimum atomic E-state index is -0.487. The van der Waals surface area contributed by atoms with E-state index >= 15 is 0 Å². The maximum Gasteiger partial charge on any atom is 0.270 e. The number of para-hydroxylation sites is 1. The van der Waals surface area contributed by atoms with Crippen molar-refractivity contribution in [1.82, 2.24) is 0 Å². The lowest BCUT2D eigenvalue weighted by atomic mass is 10.2. The van der Waals surface area contributed by atoms with E-state index < -0.39 is 5.82 Å². The number of amides is 1. The van der Waals surface area contributed by atoms with E-state index in [0.29, 0.717) is 21.6 Å². The molecule has 0 saturated carbocycles. The lowest BCUT2D eigenvalue weighted by Gasteiger charge is -2.15. The van der Waals surface area contributed by atoms with Gasteiger partial charge < -0.3 is 4.74 Å². The number of hydrogen-bond donors (Lipinski definition) is 0. The summed E-state index contributed by atoms with van der Waals surface area (Å²) in [6, 6.07) is 11.7. The van der Waals surface area contributed by atoms with E-state index in [2.05, 4.69) is 15.9 Å². The molecule has 0 aromatic heterocycles. The molecule has 3 nitrogen and oxygen atoms in total. The van der Waals surface area contributed by atoms with Gasteiger partial charge in [-0.2, -0.15) is 0 Å². The normalized spacial score (nSPS) is 15.8. The molecule has 2 aromatic rings. The van der Waals surface area contributed by atoms with Gasteiger partial charge >= 0.3 is 0 Å². The van der Waals surface area contributed by atoms with Crippen molar-refractivity contribution in [2.24, 2.45) is 0 Å². The van der Waals surface area contributed by atoms with E-state index in [9.17, 15) is 9.18 Å². The summed E-state index contributed by atoms with van der Waals surface area (Å²) in [5, 5.41) is 0. The van der Waals surface area contributed by atoms with Crippen molar-refractivity contribution in [3.8, 4) is 5.75 Å². The molecule has 1 aliphatic heterocycles. The Morgan fingerprint density at radius 1 is 1.31 bits per heavy atom. The van der Waals surface area contributed by atoms with Crippen LogP contribution in [0.5, 0.6) is 5.75 Å². The third kappa shape index (κ3) is 4.00. The Morgan fingerprint density at radius 3 is 2.81 bits per heavy atom. The average molecular weight is 452 g/mol. The predicted molar refractivity (Wildman–Crippen MR) is 112 cm³/mol. The van der Waals surface area contributed by atoms with Crippen LogP contribution in [0.2, 0.25) is 0 Å². The highest BCUT2D eigenvalue weighted by Gasteiger charge is 2.34. The summed E-state index contributed by atoms with van der Waals surface area (Å²) in [6.07, 6.45) is 2.61. The number of anilines is 1. The van der Waals surface area contributed by atoms with E-state index in [0.717, 1.165) is 28.2 Å². The van der Waals surface area contributed by atoms with Gasteiger partial charge in [0, 0.05) is 10.0 Å². The number of nitrogens with zero attached hydrogens (tertiary/aromatic N) is 1. The molecule has 1 heterocycles. The van der Waals surface area contributed by atoms with Gasteiger partial charge in [0.2, 0.25) is 0 Å². The zero-order valence-corrected chi connectivity index (χ0v) is 17.1. The van der Waals surface area contributed by atoms with Crippen LogP contribution in [0.15, 0.2) is 51.8 Å². The summed E-state index contributed by atoms with van der Waals surface area (Å²) in [4.78, 5) is 14.5. The second-order valence-electron chi connectivity index (χ2n) is 5.50. The van der Waals surface area contributed by atoms with Crippen LogP contribution in [-0.2, 0) is 4.79 Å². The van der Waals surface area contributed by atoms with Gasteiger partial charge in [-0.3, -0.25) is 9.69 Å². The predicted octanol–water partition coefficient (Wildman–Crippen LogP) is 5.78. The van der Waals surface area contributed by atoms with E-state index in [-0.39, 0.29) is 11.6 Å². The van der Waals surface area contributed by atoms with E-state index in [1.165, 1.54) is 17.0 Å². The minimum Gasteiger partial charge on any atom is -0.493 e. The number of thiocarbonyl (C=S) groups is 1. The maximum absolute atomic E-state index is 14.1. The van der Waals surface area contributed by atoms with Gasteiger partial charge in [0.1, 0.15) is 11.6 Å². The molecule has 0 radical (unpaired) electrons. The molecule has 2 aromatic carbocycles. The van der Waals surface area contributed by atoms with Crippen LogP contribution >= 0.6 is 39.9 Å². The van der Waals surface area contributed by atoms with Gasteiger partial charge in [0.25, 0.3) is 5.91 Å². The third-order valence-corrected chi connectivity index (χ3v) is 5.40. The van der Waals surface area contributed by atoms with Crippen LogP contribution in [-0.4, -0.2) is 16.8 Å². The third-order valence-electron chi connectivity index (χ3n) is 3.61. The van der Waals surface area contributed by atoms with Crippen LogP contribution < -0.4 is 9.64 Å². The van der Waals surface area contributed by atoms with Crippen molar-refractivity contribution in [3.63, 3.8) is 0 Å². The topological polar surface area (TPSA) is 29.5 Å². The van der Waals surface area contributed by atoms with E-state index in [1.54, 1.807) is 18.2 Å². The Labute approximate surface area is 169 Å². The first-order valence-corrected chi connectivity index (χ1v) is 9.98. The molecular formula is C19H15BrFNO2S2. The van der Waals surface area contributed by atoms with Crippen LogP contribution in [0.25, 0.3) is 6.08 Å². The zero-order chi connectivity index (χ0) is 18.7. The van der Waals surface area contributed by atoms with Gasteiger partial charge in [-0.25, -0.2) is 4.39 Å². The van der Waals surface area contributed by atoms with Gasteiger partial charge in [-0.15, -0.1) is 0 Å². The minimum absolute atomic E-state index is 0.162. The zero-order valence-electron chi connectivity index (χ0n) is 13.9. The summed E-state index contributed by atoms with van der Waals surface area (Å²) < 4.78 is 21.0. The molecule has 0 spiro atoms. The molecule has 26 heavy (non-hydrogen) atoms. The highest BCUT2D eigenvalue weighted by atomic mass is 79.9. The van der Waals surface area contributed by atoms with Crippen LogP contribution in [0.3, 0.4) is 0 Å². The molecule has 1 saturated heterocycles. The molecule has 7 heteroatoms. The molecule has 0 atom stereocenters. The first-order valence-electron chi connectivity index (χ1n) is 7.96. The summed E-state index contributed by atoms with van der Waals surface area (Å²) in [7, 11) is 0. The average Bonchev–Trinajstić information content (AvgIpc) is 2.88. The molecule has 0 bridgehead atoms. The largest absolute Gasteiger partial charge is 0.493 e. The number of benzene rings is 2. The molecule has 0 N–H and O–H groups in total. The standard InChI is InChI=1S/C19H15BrFNO2S2/c1-2-9-24-16-8-7-13(20)10-12(16)11-17-18(23)22(19(25)26-17)15-6-4-3-5-14(15)21/h3-8,10-11H,2,9H2,1H3/b17-11-. The van der Waals surface area contributed by atoms with Crippen LogP contribution in [0.1, 0.15) is 18.9 Å². The Hall–Kier alpha value is -1.70. The molecule has 0 unspecified atom stereocenters. The number of hydrogen-bond acceptors (Lipinski definition) is 4. The Kier molecular flexibility index (Phi) is 6.11. The van der Waals surface area contributed by atoms with Crippen molar-refractivity contribution < 1.29 is 13.9 Å². The number of carbonyl (C=O) groups is 1. The quantitative estimate of drug-likeness (QED) is 0.425.